The first kappa shape index (κ1) is 18.1. The maximum atomic E-state index is 13.6. The van der Waals surface area contributed by atoms with Gasteiger partial charge in [-0.1, -0.05) is 51.9 Å². The van der Waals surface area contributed by atoms with Crippen LogP contribution < -0.4 is 5.73 Å². The van der Waals surface area contributed by atoms with Crippen LogP contribution in [0.1, 0.15) is 58.3 Å². The Morgan fingerprint density at radius 2 is 1.43 bits per heavy atom. The van der Waals surface area contributed by atoms with Crippen LogP contribution in [0.25, 0.3) is 0 Å². The highest BCUT2D eigenvalue weighted by Gasteiger charge is 2.16. The molecule has 5 heteroatoms. The topological polar surface area (TPSA) is 43.1 Å². The summed E-state index contributed by atoms with van der Waals surface area (Å²) in [6.45, 7) is 2.19. The summed E-state index contributed by atoms with van der Waals surface area (Å²) in [6, 6.07) is 2.04. The number of hydrogen-bond donors (Lipinski definition) is 1. The van der Waals surface area contributed by atoms with E-state index < -0.39 is 22.4 Å². The van der Waals surface area contributed by atoms with Gasteiger partial charge in [-0.15, -0.1) is 0 Å². The average Bonchev–Trinajstić information content (AvgIpc) is 2.40. The van der Waals surface area contributed by atoms with Crippen LogP contribution in [0.15, 0.2) is 17.0 Å². The first-order valence-corrected chi connectivity index (χ1v) is 9.01. The molecule has 0 aliphatic carbocycles. The highest BCUT2D eigenvalue weighted by molar-refractivity contribution is 7.85. The van der Waals surface area contributed by atoms with Crippen LogP contribution in [0, 0.1) is 11.6 Å². The Labute approximate surface area is 128 Å². The fourth-order valence-electron chi connectivity index (χ4n) is 2.27. The predicted octanol–water partition coefficient (Wildman–Crippen LogP) is 4.80. The lowest BCUT2D eigenvalue weighted by Crippen LogP contribution is -2.05. The number of rotatable bonds is 10. The number of hydrogen-bond acceptors (Lipinski definition) is 2. The van der Waals surface area contributed by atoms with Gasteiger partial charge in [0.05, 0.1) is 10.8 Å². The predicted molar refractivity (Wildman–Crippen MR) is 84.7 cm³/mol. The van der Waals surface area contributed by atoms with E-state index in [1.165, 1.54) is 32.1 Å². The van der Waals surface area contributed by atoms with Gasteiger partial charge in [-0.2, -0.15) is 0 Å². The molecule has 0 aliphatic rings. The highest BCUT2D eigenvalue weighted by Crippen LogP contribution is 2.21. The van der Waals surface area contributed by atoms with Crippen molar-refractivity contribution in [2.75, 3.05) is 11.5 Å². The quantitative estimate of drug-likeness (QED) is 0.498. The first-order valence-electron chi connectivity index (χ1n) is 7.69. The summed E-state index contributed by atoms with van der Waals surface area (Å²) >= 11 is 0. The lowest BCUT2D eigenvalue weighted by atomic mass is 10.1. The van der Waals surface area contributed by atoms with E-state index in [2.05, 4.69) is 6.92 Å². The van der Waals surface area contributed by atoms with Gasteiger partial charge in [0, 0.05) is 11.4 Å². The van der Waals surface area contributed by atoms with Crippen molar-refractivity contribution >= 4 is 16.5 Å². The van der Waals surface area contributed by atoms with Crippen molar-refractivity contribution in [3.8, 4) is 0 Å². The molecule has 21 heavy (non-hydrogen) atoms. The van der Waals surface area contributed by atoms with Crippen LogP contribution in [0.5, 0.6) is 0 Å². The normalized spacial score (nSPS) is 12.5. The molecule has 2 N–H and O–H groups in total. The van der Waals surface area contributed by atoms with Gasteiger partial charge in [0.1, 0.15) is 16.5 Å². The lowest BCUT2D eigenvalue weighted by Gasteiger charge is -2.06. The standard InChI is InChI=1S/C16H25F2NOS/c1-2-3-4-5-6-7-8-9-10-21(20)16-14(17)11-13(19)12-15(16)18/h11-12H,2-10,19H2,1H3. The molecule has 1 rings (SSSR count). The zero-order valence-electron chi connectivity index (χ0n) is 12.7. The number of unbranched alkanes of at least 4 members (excludes halogenated alkanes) is 7. The summed E-state index contributed by atoms with van der Waals surface area (Å²) in [4.78, 5) is -0.341. The molecule has 0 aliphatic heterocycles. The van der Waals surface area contributed by atoms with Crippen LogP contribution in [0.2, 0.25) is 0 Å². The van der Waals surface area contributed by atoms with Crippen molar-refractivity contribution < 1.29 is 13.0 Å². The average molecular weight is 317 g/mol. The number of nitrogens with two attached hydrogens (primary N) is 1. The molecule has 0 heterocycles. The van der Waals surface area contributed by atoms with Crippen molar-refractivity contribution in [2.45, 2.75) is 63.2 Å². The molecule has 0 radical (unpaired) electrons. The van der Waals surface area contributed by atoms with Crippen LogP contribution >= 0.6 is 0 Å². The van der Waals surface area contributed by atoms with E-state index in [1.807, 2.05) is 0 Å². The third-order valence-electron chi connectivity index (χ3n) is 3.43. The summed E-state index contributed by atoms with van der Waals surface area (Å²) in [6.07, 6.45) is 8.96. The van der Waals surface area contributed by atoms with Gasteiger partial charge in [0.25, 0.3) is 0 Å². The van der Waals surface area contributed by atoms with Crippen molar-refractivity contribution in [1.29, 1.82) is 0 Å². The molecule has 120 valence electrons. The lowest BCUT2D eigenvalue weighted by molar-refractivity contribution is 0.534. The summed E-state index contributed by atoms with van der Waals surface area (Å²) in [7, 11) is -1.63. The SMILES string of the molecule is CCCCCCCCCCS(=O)c1c(F)cc(N)cc1F. The molecule has 1 aromatic carbocycles. The smallest absolute Gasteiger partial charge is 0.144 e. The minimum absolute atomic E-state index is 0.0119. The molecule has 0 aromatic heterocycles. The molecular formula is C16H25F2NOS. The van der Waals surface area contributed by atoms with Gasteiger partial charge in [-0.05, 0) is 18.6 Å². The van der Waals surface area contributed by atoms with E-state index in [1.54, 1.807) is 0 Å². The third kappa shape index (κ3) is 6.55. The molecule has 0 fully saturated rings. The molecule has 1 aromatic rings. The van der Waals surface area contributed by atoms with Gasteiger partial charge in [0.15, 0.2) is 0 Å². The van der Waals surface area contributed by atoms with Crippen LogP contribution in [0.4, 0.5) is 14.5 Å². The molecule has 0 bridgehead atoms. The second kappa shape index (κ2) is 9.87. The largest absolute Gasteiger partial charge is 0.399 e. The third-order valence-corrected chi connectivity index (χ3v) is 4.94. The maximum absolute atomic E-state index is 13.6. The van der Waals surface area contributed by atoms with E-state index in [9.17, 15) is 13.0 Å². The Bertz CT molecular complexity index is 443. The van der Waals surface area contributed by atoms with Gasteiger partial charge in [-0.3, -0.25) is 4.21 Å². The fraction of sp³-hybridized carbons (Fsp3) is 0.625. The first-order chi connectivity index (χ1) is 10.1. The van der Waals surface area contributed by atoms with Crippen molar-refractivity contribution in [3.05, 3.63) is 23.8 Å². The minimum atomic E-state index is -1.63. The number of halogens is 2. The molecular weight excluding hydrogens is 292 g/mol. The Morgan fingerprint density at radius 3 is 1.95 bits per heavy atom. The Balaban J connectivity index is 2.29. The second-order valence-electron chi connectivity index (χ2n) is 5.34. The molecule has 1 unspecified atom stereocenters. The van der Waals surface area contributed by atoms with Crippen LogP contribution in [-0.4, -0.2) is 9.96 Å². The molecule has 1 atom stereocenters. The fourth-order valence-corrected chi connectivity index (χ4v) is 3.49. The summed E-state index contributed by atoms with van der Waals surface area (Å²) in [5, 5.41) is 0. The van der Waals surface area contributed by atoms with Gasteiger partial charge < -0.3 is 5.73 Å². The zero-order chi connectivity index (χ0) is 15.7. The van der Waals surface area contributed by atoms with E-state index in [0.29, 0.717) is 5.75 Å². The van der Waals surface area contributed by atoms with Crippen molar-refractivity contribution in [3.63, 3.8) is 0 Å². The second-order valence-corrected chi connectivity index (χ2v) is 6.85. The highest BCUT2D eigenvalue weighted by atomic mass is 32.2. The Hall–Kier alpha value is -0.970. The van der Waals surface area contributed by atoms with E-state index >= 15 is 0 Å². The van der Waals surface area contributed by atoms with Crippen LogP contribution in [-0.2, 0) is 10.8 Å². The minimum Gasteiger partial charge on any atom is -0.399 e. The number of benzene rings is 1. The number of nitrogen functional groups attached to an aromatic ring is 1. The molecule has 0 saturated carbocycles. The molecule has 0 spiro atoms. The van der Waals surface area contributed by atoms with Gasteiger partial charge >= 0.3 is 0 Å². The summed E-state index contributed by atoms with van der Waals surface area (Å²) in [5.41, 5.74) is 5.35. The molecule has 0 saturated heterocycles. The summed E-state index contributed by atoms with van der Waals surface area (Å²) in [5.74, 6) is -1.33. The van der Waals surface area contributed by atoms with Crippen LogP contribution in [0.3, 0.4) is 0 Å². The Morgan fingerprint density at radius 1 is 0.952 bits per heavy atom. The van der Waals surface area contributed by atoms with Gasteiger partial charge in [-0.25, -0.2) is 8.78 Å². The van der Waals surface area contributed by atoms with Gasteiger partial charge in [0.2, 0.25) is 0 Å². The molecule has 0 amide bonds. The van der Waals surface area contributed by atoms with E-state index in [4.69, 9.17) is 5.73 Å². The summed E-state index contributed by atoms with van der Waals surface area (Å²) < 4.78 is 39.2. The maximum Gasteiger partial charge on any atom is 0.144 e. The van der Waals surface area contributed by atoms with E-state index in [-0.39, 0.29) is 10.6 Å². The van der Waals surface area contributed by atoms with Crippen molar-refractivity contribution in [2.24, 2.45) is 0 Å². The zero-order valence-corrected chi connectivity index (χ0v) is 13.5. The Kier molecular flexibility index (Phi) is 8.50. The van der Waals surface area contributed by atoms with E-state index in [0.717, 1.165) is 31.4 Å². The monoisotopic (exact) mass is 317 g/mol. The molecule has 2 nitrogen and oxygen atoms in total. The number of anilines is 1. The van der Waals surface area contributed by atoms with Crippen molar-refractivity contribution in [1.82, 2.24) is 0 Å².